The zero-order valence-electron chi connectivity index (χ0n) is 9.88. The summed E-state index contributed by atoms with van der Waals surface area (Å²) in [6, 6.07) is 3.01. The Morgan fingerprint density at radius 3 is 2.74 bits per heavy atom. The van der Waals surface area contributed by atoms with Crippen molar-refractivity contribution in [3.05, 3.63) is 58.9 Å². The Morgan fingerprint density at radius 2 is 2.05 bits per heavy atom. The summed E-state index contributed by atoms with van der Waals surface area (Å²) in [4.78, 5) is 5.20. The van der Waals surface area contributed by atoms with Crippen molar-refractivity contribution in [2.45, 2.75) is 12.5 Å². The third-order valence-electron chi connectivity index (χ3n) is 2.94. The zero-order chi connectivity index (χ0) is 13.4. The zero-order valence-corrected chi connectivity index (χ0v) is 10.7. The van der Waals surface area contributed by atoms with Crippen LogP contribution in [-0.2, 0) is 6.42 Å². The molecule has 2 heterocycles. The molecule has 1 aromatic carbocycles. The Bertz CT molecular complexity index is 671. The molecule has 0 bridgehead atoms. The number of hydrogen-bond donors (Lipinski definition) is 1. The summed E-state index contributed by atoms with van der Waals surface area (Å²) in [6.07, 6.45) is 4.00. The number of thiazole rings is 1. The van der Waals surface area contributed by atoms with Gasteiger partial charge in [0.15, 0.2) is 4.96 Å². The summed E-state index contributed by atoms with van der Waals surface area (Å²) in [7, 11) is 0. The van der Waals surface area contributed by atoms with E-state index in [2.05, 4.69) is 4.98 Å². The van der Waals surface area contributed by atoms with Crippen molar-refractivity contribution >= 4 is 16.3 Å². The molecule has 0 aliphatic carbocycles. The summed E-state index contributed by atoms with van der Waals surface area (Å²) in [5.74, 6) is -1.23. The number of imidazole rings is 1. The SMILES string of the molecule is NC(Cc1cn2ccsc2n1)c1c(F)cccc1F. The predicted molar refractivity (Wildman–Crippen MR) is 70.1 cm³/mol. The van der Waals surface area contributed by atoms with Gasteiger partial charge in [0.05, 0.1) is 5.69 Å². The van der Waals surface area contributed by atoms with Crippen LogP contribution in [0, 0.1) is 11.6 Å². The first-order chi connectivity index (χ1) is 9.15. The average molecular weight is 279 g/mol. The lowest BCUT2D eigenvalue weighted by Crippen LogP contribution is -2.17. The standard InChI is InChI=1S/C13H11F2N3S/c14-9-2-1-3-10(15)12(9)11(16)6-8-7-18-4-5-19-13(18)17-8/h1-5,7,11H,6,16H2. The van der Waals surface area contributed by atoms with Gasteiger partial charge in [0.2, 0.25) is 0 Å². The molecule has 1 atom stereocenters. The van der Waals surface area contributed by atoms with E-state index in [-0.39, 0.29) is 5.56 Å². The van der Waals surface area contributed by atoms with Gasteiger partial charge in [0.1, 0.15) is 11.6 Å². The second-order valence-electron chi connectivity index (χ2n) is 4.27. The van der Waals surface area contributed by atoms with Gasteiger partial charge in [-0.05, 0) is 12.1 Å². The van der Waals surface area contributed by atoms with Crippen molar-refractivity contribution in [2.24, 2.45) is 5.73 Å². The third-order valence-corrected chi connectivity index (χ3v) is 3.71. The Labute approximate surface area is 112 Å². The largest absolute Gasteiger partial charge is 0.323 e. The molecular formula is C13H11F2N3S. The molecule has 6 heteroatoms. The topological polar surface area (TPSA) is 43.3 Å². The fraction of sp³-hybridized carbons (Fsp3) is 0.154. The number of aromatic nitrogens is 2. The van der Waals surface area contributed by atoms with E-state index in [1.54, 1.807) is 0 Å². The predicted octanol–water partition coefficient (Wildman–Crippen LogP) is 2.92. The maximum absolute atomic E-state index is 13.6. The molecule has 19 heavy (non-hydrogen) atoms. The fourth-order valence-electron chi connectivity index (χ4n) is 2.07. The van der Waals surface area contributed by atoms with Gasteiger partial charge in [-0.1, -0.05) is 6.07 Å². The summed E-state index contributed by atoms with van der Waals surface area (Å²) >= 11 is 1.50. The molecule has 2 N–H and O–H groups in total. The molecule has 3 aromatic rings. The summed E-state index contributed by atoms with van der Waals surface area (Å²) < 4.78 is 29.1. The number of rotatable bonds is 3. The van der Waals surface area contributed by atoms with E-state index < -0.39 is 17.7 Å². The van der Waals surface area contributed by atoms with E-state index in [0.29, 0.717) is 6.42 Å². The van der Waals surface area contributed by atoms with Crippen LogP contribution in [0.2, 0.25) is 0 Å². The Kier molecular flexibility index (Phi) is 3.04. The number of fused-ring (bicyclic) bond motifs is 1. The highest BCUT2D eigenvalue weighted by molar-refractivity contribution is 7.15. The van der Waals surface area contributed by atoms with Crippen LogP contribution in [-0.4, -0.2) is 9.38 Å². The second-order valence-corrected chi connectivity index (χ2v) is 5.14. The van der Waals surface area contributed by atoms with E-state index in [9.17, 15) is 8.78 Å². The van der Waals surface area contributed by atoms with Crippen LogP contribution in [0.4, 0.5) is 8.78 Å². The van der Waals surface area contributed by atoms with Crippen molar-refractivity contribution in [1.29, 1.82) is 0 Å². The minimum atomic E-state index is -0.745. The summed E-state index contributed by atoms with van der Waals surface area (Å²) in [5.41, 5.74) is 6.53. The average Bonchev–Trinajstić information content (AvgIpc) is 2.89. The van der Waals surface area contributed by atoms with Gasteiger partial charge in [-0.25, -0.2) is 13.8 Å². The monoisotopic (exact) mass is 279 g/mol. The van der Waals surface area contributed by atoms with E-state index in [1.807, 2.05) is 22.2 Å². The molecule has 3 nitrogen and oxygen atoms in total. The van der Waals surface area contributed by atoms with Gasteiger partial charge in [-0.3, -0.25) is 4.40 Å². The quantitative estimate of drug-likeness (QED) is 0.801. The molecule has 3 rings (SSSR count). The number of hydrogen-bond acceptors (Lipinski definition) is 3. The van der Waals surface area contributed by atoms with Crippen molar-refractivity contribution < 1.29 is 8.78 Å². The lowest BCUT2D eigenvalue weighted by atomic mass is 10.0. The fourth-order valence-corrected chi connectivity index (χ4v) is 2.79. The van der Waals surface area contributed by atoms with Crippen LogP contribution in [0.3, 0.4) is 0 Å². The number of halogens is 2. The molecule has 0 amide bonds. The number of benzene rings is 1. The van der Waals surface area contributed by atoms with E-state index in [0.717, 1.165) is 10.7 Å². The maximum atomic E-state index is 13.6. The summed E-state index contributed by atoms with van der Waals surface area (Å²) in [6.45, 7) is 0. The smallest absolute Gasteiger partial charge is 0.193 e. The van der Waals surface area contributed by atoms with Gasteiger partial charge in [0.25, 0.3) is 0 Å². The number of nitrogens with zero attached hydrogens (tertiary/aromatic N) is 2. The highest BCUT2D eigenvalue weighted by Gasteiger charge is 2.18. The highest BCUT2D eigenvalue weighted by atomic mass is 32.1. The van der Waals surface area contributed by atoms with Crippen LogP contribution in [0.25, 0.3) is 4.96 Å². The Morgan fingerprint density at radius 1 is 1.32 bits per heavy atom. The molecular weight excluding hydrogens is 268 g/mol. The maximum Gasteiger partial charge on any atom is 0.193 e. The van der Waals surface area contributed by atoms with Crippen LogP contribution in [0.15, 0.2) is 36.0 Å². The van der Waals surface area contributed by atoms with Gasteiger partial charge in [-0.15, -0.1) is 11.3 Å². The van der Waals surface area contributed by atoms with E-state index >= 15 is 0 Å². The molecule has 0 spiro atoms. The summed E-state index contributed by atoms with van der Waals surface area (Å²) in [5, 5.41) is 1.92. The first-order valence-electron chi connectivity index (χ1n) is 5.75. The number of nitrogens with two attached hydrogens (primary N) is 1. The Hall–Kier alpha value is -1.79. The van der Waals surface area contributed by atoms with Crippen LogP contribution in [0.5, 0.6) is 0 Å². The van der Waals surface area contributed by atoms with Gasteiger partial charge in [-0.2, -0.15) is 0 Å². The second kappa shape index (κ2) is 4.71. The minimum absolute atomic E-state index is 0.0844. The lowest BCUT2D eigenvalue weighted by Gasteiger charge is -2.12. The van der Waals surface area contributed by atoms with Crippen molar-refractivity contribution in [3.63, 3.8) is 0 Å². The molecule has 2 aromatic heterocycles. The van der Waals surface area contributed by atoms with Crippen molar-refractivity contribution in [3.8, 4) is 0 Å². The molecule has 0 aliphatic heterocycles. The van der Waals surface area contributed by atoms with Crippen LogP contribution in [0.1, 0.15) is 17.3 Å². The molecule has 0 saturated heterocycles. The molecule has 0 radical (unpaired) electrons. The normalized spacial score (nSPS) is 13.0. The molecule has 0 saturated carbocycles. The van der Waals surface area contributed by atoms with E-state index in [1.165, 1.54) is 29.5 Å². The van der Waals surface area contributed by atoms with Crippen LogP contribution >= 0.6 is 11.3 Å². The van der Waals surface area contributed by atoms with Crippen molar-refractivity contribution in [2.75, 3.05) is 0 Å². The molecule has 1 unspecified atom stereocenters. The lowest BCUT2D eigenvalue weighted by molar-refractivity contribution is 0.523. The minimum Gasteiger partial charge on any atom is -0.323 e. The third kappa shape index (κ3) is 2.24. The van der Waals surface area contributed by atoms with Gasteiger partial charge >= 0.3 is 0 Å². The van der Waals surface area contributed by atoms with Crippen molar-refractivity contribution in [1.82, 2.24) is 9.38 Å². The van der Waals surface area contributed by atoms with Crippen LogP contribution < -0.4 is 5.73 Å². The van der Waals surface area contributed by atoms with Gasteiger partial charge in [0, 0.05) is 35.8 Å². The molecule has 0 fully saturated rings. The molecule has 98 valence electrons. The van der Waals surface area contributed by atoms with Gasteiger partial charge < -0.3 is 5.73 Å². The van der Waals surface area contributed by atoms with E-state index in [4.69, 9.17) is 5.73 Å². The molecule has 0 aliphatic rings. The Balaban J connectivity index is 1.88. The first kappa shape index (κ1) is 12.3. The highest BCUT2D eigenvalue weighted by Crippen LogP contribution is 2.22. The first-order valence-corrected chi connectivity index (χ1v) is 6.63.